The van der Waals surface area contributed by atoms with Crippen molar-refractivity contribution in [2.75, 3.05) is 12.0 Å². The summed E-state index contributed by atoms with van der Waals surface area (Å²) in [7, 11) is -2.85. The third kappa shape index (κ3) is 6.15. The third-order valence-electron chi connectivity index (χ3n) is 2.88. The zero-order chi connectivity index (χ0) is 11.5. The SMILES string of the molecule is CCC(CC1CC1)NC(C)CS(C)(=O)=O. The lowest BCUT2D eigenvalue weighted by Gasteiger charge is -2.21. The number of hydrogen-bond acceptors (Lipinski definition) is 3. The second kappa shape index (κ2) is 5.30. The van der Waals surface area contributed by atoms with Crippen LogP contribution in [-0.4, -0.2) is 32.5 Å². The molecule has 15 heavy (non-hydrogen) atoms. The second-order valence-electron chi connectivity index (χ2n) is 4.94. The Morgan fingerprint density at radius 2 is 2.00 bits per heavy atom. The molecule has 1 rings (SSSR count). The topological polar surface area (TPSA) is 46.2 Å². The Kier molecular flexibility index (Phi) is 4.59. The van der Waals surface area contributed by atoms with E-state index in [0.29, 0.717) is 6.04 Å². The second-order valence-corrected chi connectivity index (χ2v) is 7.13. The number of rotatable bonds is 7. The van der Waals surface area contributed by atoms with E-state index in [1.54, 1.807) is 0 Å². The van der Waals surface area contributed by atoms with Gasteiger partial charge in [0.05, 0.1) is 5.75 Å². The molecule has 0 spiro atoms. The van der Waals surface area contributed by atoms with Crippen molar-refractivity contribution < 1.29 is 8.42 Å². The molecule has 1 fully saturated rings. The molecule has 0 radical (unpaired) electrons. The van der Waals surface area contributed by atoms with Crippen molar-refractivity contribution >= 4 is 9.84 Å². The van der Waals surface area contributed by atoms with Crippen LogP contribution in [-0.2, 0) is 9.84 Å². The number of hydrogen-bond donors (Lipinski definition) is 1. The molecule has 0 amide bonds. The number of nitrogens with one attached hydrogen (secondary N) is 1. The minimum Gasteiger partial charge on any atom is -0.310 e. The van der Waals surface area contributed by atoms with Crippen molar-refractivity contribution in [2.45, 2.75) is 51.6 Å². The molecule has 0 aromatic carbocycles. The highest BCUT2D eigenvalue weighted by Gasteiger charge is 2.25. The van der Waals surface area contributed by atoms with Gasteiger partial charge in [-0.1, -0.05) is 19.8 Å². The van der Waals surface area contributed by atoms with Gasteiger partial charge in [-0.2, -0.15) is 0 Å². The summed E-state index contributed by atoms with van der Waals surface area (Å²) >= 11 is 0. The Morgan fingerprint density at radius 1 is 1.40 bits per heavy atom. The van der Waals surface area contributed by atoms with Crippen LogP contribution in [0.25, 0.3) is 0 Å². The van der Waals surface area contributed by atoms with Gasteiger partial charge in [0.25, 0.3) is 0 Å². The summed E-state index contributed by atoms with van der Waals surface area (Å²) in [5, 5.41) is 3.42. The van der Waals surface area contributed by atoms with Crippen LogP contribution < -0.4 is 5.32 Å². The zero-order valence-electron chi connectivity index (χ0n) is 9.99. The van der Waals surface area contributed by atoms with Crippen molar-refractivity contribution in [1.29, 1.82) is 0 Å². The molecule has 0 aromatic heterocycles. The van der Waals surface area contributed by atoms with Crippen molar-refractivity contribution in [3.05, 3.63) is 0 Å². The molecule has 3 nitrogen and oxygen atoms in total. The summed E-state index contributed by atoms with van der Waals surface area (Å²) in [4.78, 5) is 0. The first-order valence-corrected chi connectivity index (χ1v) is 7.90. The Morgan fingerprint density at radius 3 is 2.40 bits per heavy atom. The van der Waals surface area contributed by atoms with Crippen molar-refractivity contribution in [3.8, 4) is 0 Å². The molecule has 0 bridgehead atoms. The van der Waals surface area contributed by atoms with Crippen molar-refractivity contribution in [2.24, 2.45) is 5.92 Å². The van der Waals surface area contributed by atoms with Gasteiger partial charge in [0.1, 0.15) is 9.84 Å². The van der Waals surface area contributed by atoms with Gasteiger partial charge in [0, 0.05) is 18.3 Å². The van der Waals surface area contributed by atoms with E-state index in [1.807, 2.05) is 6.92 Å². The van der Waals surface area contributed by atoms with Crippen LogP contribution in [0.4, 0.5) is 0 Å². The third-order valence-corrected chi connectivity index (χ3v) is 3.99. The Balaban J connectivity index is 2.29. The van der Waals surface area contributed by atoms with E-state index in [9.17, 15) is 8.42 Å². The standard InChI is InChI=1S/C11H23NO2S/c1-4-11(7-10-5-6-10)12-9(2)8-15(3,13)14/h9-12H,4-8H2,1-3H3. The Labute approximate surface area is 93.6 Å². The zero-order valence-corrected chi connectivity index (χ0v) is 10.8. The fourth-order valence-corrected chi connectivity index (χ4v) is 3.02. The Bertz CT molecular complexity index is 283. The van der Waals surface area contributed by atoms with Gasteiger partial charge in [0.2, 0.25) is 0 Å². The highest BCUT2D eigenvalue weighted by atomic mass is 32.2. The quantitative estimate of drug-likeness (QED) is 0.726. The van der Waals surface area contributed by atoms with Crippen molar-refractivity contribution in [3.63, 3.8) is 0 Å². The van der Waals surface area contributed by atoms with E-state index < -0.39 is 9.84 Å². The summed E-state index contributed by atoms with van der Waals surface area (Å²) < 4.78 is 22.2. The summed E-state index contributed by atoms with van der Waals surface area (Å²) in [6.45, 7) is 4.11. The first-order chi connectivity index (χ1) is 6.90. The molecule has 2 unspecified atom stereocenters. The van der Waals surface area contributed by atoms with Gasteiger partial charge < -0.3 is 5.32 Å². The van der Waals surface area contributed by atoms with Gasteiger partial charge in [-0.05, 0) is 25.7 Å². The molecule has 2 atom stereocenters. The van der Waals surface area contributed by atoms with E-state index >= 15 is 0 Å². The van der Waals surface area contributed by atoms with Crippen LogP contribution in [0, 0.1) is 5.92 Å². The van der Waals surface area contributed by atoms with Crippen LogP contribution in [0.3, 0.4) is 0 Å². The number of sulfone groups is 1. The summed E-state index contributed by atoms with van der Waals surface area (Å²) in [5.74, 6) is 1.14. The molecule has 0 heterocycles. The average Bonchev–Trinajstić information content (AvgIpc) is 2.83. The normalized spacial score (nSPS) is 21.3. The van der Waals surface area contributed by atoms with Crippen LogP contribution in [0.2, 0.25) is 0 Å². The highest BCUT2D eigenvalue weighted by Crippen LogP contribution is 2.34. The maximum atomic E-state index is 11.1. The molecule has 4 heteroatoms. The van der Waals surface area contributed by atoms with Gasteiger partial charge in [0.15, 0.2) is 0 Å². The molecular weight excluding hydrogens is 210 g/mol. The smallest absolute Gasteiger partial charge is 0.148 e. The molecule has 1 aliphatic rings. The van der Waals surface area contributed by atoms with Crippen LogP contribution in [0.15, 0.2) is 0 Å². The largest absolute Gasteiger partial charge is 0.310 e. The molecule has 90 valence electrons. The lowest BCUT2D eigenvalue weighted by molar-refractivity contribution is 0.411. The predicted molar refractivity (Wildman–Crippen MR) is 63.7 cm³/mol. The molecule has 1 aliphatic carbocycles. The maximum Gasteiger partial charge on any atom is 0.148 e. The van der Waals surface area contributed by atoms with Gasteiger partial charge in [-0.3, -0.25) is 0 Å². The van der Waals surface area contributed by atoms with Crippen molar-refractivity contribution in [1.82, 2.24) is 5.32 Å². The molecule has 0 aliphatic heterocycles. The van der Waals surface area contributed by atoms with E-state index in [2.05, 4.69) is 12.2 Å². The van der Waals surface area contributed by atoms with Gasteiger partial charge in [-0.15, -0.1) is 0 Å². The van der Waals surface area contributed by atoms with Gasteiger partial charge in [-0.25, -0.2) is 8.42 Å². The first kappa shape index (κ1) is 13.0. The molecule has 1 N–H and O–H groups in total. The highest BCUT2D eigenvalue weighted by molar-refractivity contribution is 7.90. The lowest BCUT2D eigenvalue weighted by Crippen LogP contribution is -2.40. The van der Waals surface area contributed by atoms with Crippen LogP contribution in [0.1, 0.15) is 39.5 Å². The fourth-order valence-electron chi connectivity index (χ4n) is 2.01. The average molecular weight is 233 g/mol. The van der Waals surface area contributed by atoms with Crippen LogP contribution >= 0.6 is 0 Å². The first-order valence-electron chi connectivity index (χ1n) is 5.84. The lowest BCUT2D eigenvalue weighted by atomic mass is 10.1. The molecule has 1 saturated carbocycles. The minimum absolute atomic E-state index is 0.0729. The van der Waals surface area contributed by atoms with E-state index in [4.69, 9.17) is 0 Å². The van der Waals surface area contributed by atoms with E-state index in [1.165, 1.54) is 25.5 Å². The summed E-state index contributed by atoms with van der Waals surface area (Å²) in [5.41, 5.74) is 0. The van der Waals surface area contributed by atoms with Crippen LogP contribution in [0.5, 0.6) is 0 Å². The molecular formula is C11H23NO2S. The monoisotopic (exact) mass is 233 g/mol. The van der Waals surface area contributed by atoms with E-state index in [-0.39, 0.29) is 11.8 Å². The Hall–Kier alpha value is -0.0900. The molecule has 0 saturated heterocycles. The predicted octanol–water partition coefficient (Wildman–Crippen LogP) is 1.59. The van der Waals surface area contributed by atoms with E-state index in [0.717, 1.165) is 12.3 Å². The molecule has 0 aromatic rings. The van der Waals surface area contributed by atoms with Gasteiger partial charge >= 0.3 is 0 Å². The fraction of sp³-hybridized carbons (Fsp3) is 1.00. The summed E-state index contributed by atoms with van der Waals surface area (Å²) in [6.07, 6.45) is 6.32. The summed E-state index contributed by atoms with van der Waals surface area (Å²) in [6, 6.07) is 0.568. The minimum atomic E-state index is -2.85. The maximum absolute atomic E-state index is 11.1.